The summed E-state index contributed by atoms with van der Waals surface area (Å²) in [7, 11) is 0. The van der Waals surface area contributed by atoms with Crippen molar-refractivity contribution in [3.05, 3.63) is 17.7 Å². The van der Waals surface area contributed by atoms with Gasteiger partial charge in [-0.1, -0.05) is 0 Å². The van der Waals surface area contributed by atoms with E-state index in [1.165, 1.54) is 17.8 Å². The van der Waals surface area contributed by atoms with Crippen LogP contribution in [-0.2, 0) is 4.79 Å². The van der Waals surface area contributed by atoms with Crippen molar-refractivity contribution in [3.63, 3.8) is 0 Å². The van der Waals surface area contributed by atoms with Crippen LogP contribution in [0.2, 0.25) is 0 Å². The number of carbonyl (C=O) groups is 1. The molecule has 2 rings (SSSR count). The van der Waals surface area contributed by atoms with Gasteiger partial charge in [0.05, 0.1) is 0 Å². The fraction of sp³-hybridized carbons (Fsp3) is 0.364. The topological polar surface area (TPSA) is 76.0 Å². The number of hydrogen-bond donors (Lipinski definition) is 2. The van der Waals surface area contributed by atoms with Crippen LogP contribution < -0.4 is 9.47 Å². The number of rotatable bonds is 3. The molecule has 5 nitrogen and oxygen atoms in total. The predicted molar refractivity (Wildman–Crippen MR) is 61.8 cm³/mol. The van der Waals surface area contributed by atoms with Crippen molar-refractivity contribution in [2.24, 2.45) is 0 Å². The second kappa shape index (κ2) is 4.85. The van der Waals surface area contributed by atoms with E-state index in [1.807, 2.05) is 6.26 Å². The molecule has 0 amide bonds. The molecular weight excluding hydrogens is 244 g/mol. The summed E-state index contributed by atoms with van der Waals surface area (Å²) in [6, 6.07) is 3.22. The van der Waals surface area contributed by atoms with Gasteiger partial charge in [0, 0.05) is 10.5 Å². The predicted octanol–water partition coefficient (Wildman–Crippen LogP) is 1.30. The number of carboxylic acids is 1. The van der Waals surface area contributed by atoms with Gasteiger partial charge in [0.1, 0.15) is 13.2 Å². The highest BCUT2D eigenvalue weighted by Crippen LogP contribution is 2.38. The third-order valence-corrected chi connectivity index (χ3v) is 3.22. The van der Waals surface area contributed by atoms with Crippen molar-refractivity contribution in [2.45, 2.75) is 11.0 Å². The largest absolute Gasteiger partial charge is 0.486 e. The second-order valence-electron chi connectivity index (χ2n) is 3.48. The van der Waals surface area contributed by atoms with Crippen molar-refractivity contribution < 1.29 is 24.5 Å². The molecule has 1 aliphatic rings. The van der Waals surface area contributed by atoms with E-state index in [2.05, 4.69) is 0 Å². The van der Waals surface area contributed by atoms with E-state index >= 15 is 0 Å². The van der Waals surface area contributed by atoms with Crippen molar-refractivity contribution >= 4 is 17.7 Å². The molecule has 0 saturated heterocycles. The Kier molecular flexibility index (Phi) is 3.44. The SMILES string of the molecule is CSc1cc2c(cc1C(O)C(=O)O)OCCO2. The maximum absolute atomic E-state index is 10.8. The summed E-state index contributed by atoms with van der Waals surface area (Å²) in [6.45, 7) is 0.899. The number of thioether (sulfide) groups is 1. The Morgan fingerprint density at radius 3 is 2.47 bits per heavy atom. The molecule has 6 heteroatoms. The first-order valence-electron chi connectivity index (χ1n) is 5.02. The summed E-state index contributed by atoms with van der Waals surface area (Å²) < 4.78 is 10.7. The number of ether oxygens (including phenoxy) is 2. The van der Waals surface area contributed by atoms with Crippen LogP contribution in [0.5, 0.6) is 11.5 Å². The summed E-state index contributed by atoms with van der Waals surface area (Å²) in [5, 5.41) is 18.4. The number of carboxylic acid groups (broad SMARTS) is 1. The van der Waals surface area contributed by atoms with Gasteiger partial charge in [-0.3, -0.25) is 0 Å². The van der Waals surface area contributed by atoms with Crippen LogP contribution in [0, 0.1) is 0 Å². The Bertz CT molecular complexity index is 446. The summed E-state index contributed by atoms with van der Waals surface area (Å²) in [5.74, 6) is -0.219. The highest BCUT2D eigenvalue weighted by Gasteiger charge is 2.23. The van der Waals surface area contributed by atoms with Crippen LogP contribution >= 0.6 is 11.8 Å². The molecule has 0 aliphatic carbocycles. The Labute approximate surface area is 102 Å². The van der Waals surface area contributed by atoms with Gasteiger partial charge in [-0.2, -0.15) is 0 Å². The van der Waals surface area contributed by atoms with E-state index in [0.717, 1.165) is 0 Å². The zero-order chi connectivity index (χ0) is 12.4. The number of aliphatic carboxylic acids is 1. The van der Waals surface area contributed by atoms with Gasteiger partial charge < -0.3 is 19.7 Å². The van der Waals surface area contributed by atoms with E-state index in [9.17, 15) is 9.90 Å². The molecule has 92 valence electrons. The zero-order valence-corrected chi connectivity index (χ0v) is 9.99. The molecule has 2 N–H and O–H groups in total. The minimum Gasteiger partial charge on any atom is -0.486 e. The number of aliphatic hydroxyl groups is 1. The molecular formula is C11H12O5S. The quantitative estimate of drug-likeness (QED) is 0.794. The summed E-state index contributed by atoms with van der Waals surface area (Å²) >= 11 is 1.36. The van der Waals surface area contributed by atoms with Gasteiger partial charge >= 0.3 is 5.97 Å². The van der Waals surface area contributed by atoms with Gasteiger partial charge in [-0.25, -0.2) is 4.79 Å². The molecule has 1 heterocycles. The molecule has 1 unspecified atom stereocenters. The van der Waals surface area contributed by atoms with Crippen LogP contribution in [0.4, 0.5) is 0 Å². The van der Waals surface area contributed by atoms with E-state index < -0.39 is 12.1 Å². The first kappa shape index (κ1) is 12.1. The standard InChI is InChI=1S/C11H12O5S/c1-17-9-5-8-7(15-2-3-16-8)4-6(9)10(12)11(13)14/h4-5,10,12H,2-3H2,1H3,(H,13,14). The molecule has 1 aromatic carbocycles. The van der Waals surface area contributed by atoms with E-state index in [-0.39, 0.29) is 0 Å². The number of aliphatic hydroxyl groups excluding tert-OH is 1. The molecule has 0 spiro atoms. The van der Waals surface area contributed by atoms with Crippen LogP contribution in [0.3, 0.4) is 0 Å². The van der Waals surface area contributed by atoms with Gasteiger partial charge in [0.25, 0.3) is 0 Å². The molecule has 0 aromatic heterocycles. The molecule has 1 aliphatic heterocycles. The molecule has 0 bridgehead atoms. The van der Waals surface area contributed by atoms with Gasteiger partial charge in [0.15, 0.2) is 17.6 Å². The molecule has 1 aromatic rings. The summed E-state index contributed by atoms with van der Waals surface area (Å²) in [6.07, 6.45) is 0.261. The van der Waals surface area contributed by atoms with Crippen LogP contribution in [0.1, 0.15) is 11.7 Å². The number of hydrogen-bond acceptors (Lipinski definition) is 5. The third kappa shape index (κ3) is 2.32. The fourth-order valence-electron chi connectivity index (χ4n) is 1.61. The minimum absolute atomic E-state index is 0.328. The lowest BCUT2D eigenvalue weighted by Gasteiger charge is -2.21. The van der Waals surface area contributed by atoms with E-state index in [4.69, 9.17) is 14.6 Å². The van der Waals surface area contributed by atoms with Crippen molar-refractivity contribution in [1.82, 2.24) is 0 Å². The lowest BCUT2D eigenvalue weighted by Crippen LogP contribution is -2.17. The smallest absolute Gasteiger partial charge is 0.337 e. The average Bonchev–Trinajstić information content (AvgIpc) is 2.36. The zero-order valence-electron chi connectivity index (χ0n) is 9.17. The summed E-state index contributed by atoms with van der Waals surface area (Å²) in [5.41, 5.74) is 0.328. The summed E-state index contributed by atoms with van der Waals surface area (Å²) in [4.78, 5) is 11.5. The Morgan fingerprint density at radius 2 is 1.94 bits per heavy atom. The number of benzene rings is 1. The molecule has 17 heavy (non-hydrogen) atoms. The molecule has 0 saturated carbocycles. The van der Waals surface area contributed by atoms with Crippen LogP contribution in [-0.4, -0.2) is 35.7 Å². The van der Waals surface area contributed by atoms with Crippen molar-refractivity contribution in [1.29, 1.82) is 0 Å². The maximum atomic E-state index is 10.8. The first-order valence-corrected chi connectivity index (χ1v) is 6.24. The molecule has 1 atom stereocenters. The van der Waals surface area contributed by atoms with E-state index in [1.54, 1.807) is 6.07 Å². The second-order valence-corrected chi connectivity index (χ2v) is 4.33. The highest BCUT2D eigenvalue weighted by atomic mass is 32.2. The fourth-order valence-corrected chi connectivity index (χ4v) is 2.24. The van der Waals surface area contributed by atoms with Gasteiger partial charge in [-0.15, -0.1) is 11.8 Å². The van der Waals surface area contributed by atoms with Gasteiger partial charge in [0.2, 0.25) is 0 Å². The van der Waals surface area contributed by atoms with Crippen molar-refractivity contribution in [3.8, 4) is 11.5 Å². The van der Waals surface area contributed by atoms with E-state index in [0.29, 0.717) is 35.2 Å². The lowest BCUT2D eigenvalue weighted by molar-refractivity contribution is -0.147. The monoisotopic (exact) mass is 256 g/mol. The number of fused-ring (bicyclic) bond motifs is 1. The average molecular weight is 256 g/mol. The Hall–Kier alpha value is -1.40. The van der Waals surface area contributed by atoms with Crippen LogP contribution in [0.25, 0.3) is 0 Å². The highest BCUT2D eigenvalue weighted by molar-refractivity contribution is 7.98. The normalized spacial score (nSPS) is 15.4. The van der Waals surface area contributed by atoms with Crippen LogP contribution in [0.15, 0.2) is 17.0 Å². The Balaban J connectivity index is 2.46. The lowest BCUT2D eigenvalue weighted by atomic mass is 10.1. The van der Waals surface area contributed by atoms with Gasteiger partial charge in [-0.05, 0) is 18.4 Å². The molecule has 0 radical (unpaired) electrons. The third-order valence-electron chi connectivity index (χ3n) is 2.42. The first-order chi connectivity index (χ1) is 8.13. The minimum atomic E-state index is -1.55. The Morgan fingerprint density at radius 1 is 1.35 bits per heavy atom. The molecule has 0 fully saturated rings. The maximum Gasteiger partial charge on any atom is 0.337 e. The van der Waals surface area contributed by atoms with Crippen molar-refractivity contribution in [2.75, 3.05) is 19.5 Å².